The summed E-state index contributed by atoms with van der Waals surface area (Å²) in [5, 5.41) is 5.19. The second kappa shape index (κ2) is 10.9. The molecular weight excluding hydrogens is 466 g/mol. The summed E-state index contributed by atoms with van der Waals surface area (Å²) in [6.07, 6.45) is 3.73. The van der Waals surface area contributed by atoms with E-state index >= 15 is 0 Å². The maximum Gasteiger partial charge on any atom is 0.349 e. The van der Waals surface area contributed by atoms with Crippen LogP contribution < -0.4 is 20.7 Å². The van der Waals surface area contributed by atoms with Crippen molar-refractivity contribution in [2.75, 3.05) is 6.61 Å². The fourth-order valence-electron chi connectivity index (χ4n) is 3.61. The molecule has 0 aliphatic rings. The molecule has 35 heavy (non-hydrogen) atoms. The molecule has 0 fully saturated rings. The number of fused-ring (bicyclic) bond motifs is 1. The van der Waals surface area contributed by atoms with Crippen molar-refractivity contribution in [3.8, 4) is 11.5 Å². The molecule has 178 valence electrons. The number of hydrogen-bond acceptors (Lipinski definition) is 5. The number of para-hydroxylation sites is 1. The van der Waals surface area contributed by atoms with Crippen LogP contribution in [0.25, 0.3) is 10.9 Å². The van der Waals surface area contributed by atoms with Gasteiger partial charge in [-0.2, -0.15) is 5.10 Å². The molecule has 0 aliphatic heterocycles. The predicted molar refractivity (Wildman–Crippen MR) is 139 cm³/mol. The van der Waals surface area contributed by atoms with Gasteiger partial charge in [0.05, 0.1) is 23.7 Å². The van der Waals surface area contributed by atoms with E-state index in [4.69, 9.17) is 21.1 Å². The average Bonchev–Trinajstić information content (AvgIpc) is 2.85. The fraction of sp³-hybridized carbons (Fsp3) is 0.148. The van der Waals surface area contributed by atoms with Gasteiger partial charge in [0.1, 0.15) is 6.61 Å². The topological polar surface area (TPSA) is 85.7 Å². The van der Waals surface area contributed by atoms with Gasteiger partial charge in [0.2, 0.25) is 0 Å². The van der Waals surface area contributed by atoms with Crippen LogP contribution in [-0.2, 0) is 13.0 Å². The summed E-state index contributed by atoms with van der Waals surface area (Å²) in [4.78, 5) is 27.9. The molecule has 1 aromatic heterocycles. The van der Waals surface area contributed by atoms with Crippen LogP contribution in [0.5, 0.6) is 11.5 Å². The van der Waals surface area contributed by atoms with Crippen molar-refractivity contribution in [3.63, 3.8) is 0 Å². The number of allylic oxidation sites excluding steroid dienone is 1. The Hall–Kier alpha value is -4.10. The van der Waals surface area contributed by atoms with Crippen molar-refractivity contribution >= 4 is 28.7 Å². The zero-order valence-corrected chi connectivity index (χ0v) is 19.9. The van der Waals surface area contributed by atoms with Gasteiger partial charge in [0, 0.05) is 10.6 Å². The van der Waals surface area contributed by atoms with Crippen LogP contribution in [0.3, 0.4) is 0 Å². The Balaban J connectivity index is 1.70. The standard InChI is InChI=1S/C27H24ClN3O4/c1-3-7-20-14-19(16-29-31-26(32)22-8-5-6-9-23(22)30-27(31)33)15-24(34-4-2)25(20)35-17-18-10-12-21(28)13-11-18/h3,5-6,8-16H,1,4,7,17H2,2H3,(H,30,33). The molecule has 0 spiro atoms. The van der Waals surface area contributed by atoms with Gasteiger partial charge in [0.25, 0.3) is 5.56 Å². The van der Waals surface area contributed by atoms with E-state index in [1.807, 2.05) is 37.3 Å². The van der Waals surface area contributed by atoms with Gasteiger partial charge in [-0.25, -0.2) is 4.79 Å². The summed E-state index contributed by atoms with van der Waals surface area (Å²) < 4.78 is 12.8. The quantitative estimate of drug-likeness (QED) is 0.267. The largest absolute Gasteiger partial charge is 0.490 e. The first-order chi connectivity index (χ1) is 17.0. The average molecular weight is 490 g/mol. The van der Waals surface area contributed by atoms with Gasteiger partial charge >= 0.3 is 5.69 Å². The number of aromatic nitrogens is 2. The van der Waals surface area contributed by atoms with Gasteiger partial charge in [-0.1, -0.05) is 41.9 Å². The van der Waals surface area contributed by atoms with E-state index in [1.54, 1.807) is 36.4 Å². The smallest absolute Gasteiger partial charge is 0.349 e. The molecule has 0 aliphatic carbocycles. The zero-order valence-electron chi connectivity index (χ0n) is 19.2. The first kappa shape index (κ1) is 24.0. The van der Waals surface area contributed by atoms with Crippen molar-refractivity contribution in [2.45, 2.75) is 20.0 Å². The number of rotatable bonds is 9. The molecule has 3 aromatic carbocycles. The third-order valence-corrected chi connectivity index (χ3v) is 5.47. The molecule has 0 amide bonds. The molecule has 0 unspecified atom stereocenters. The normalized spacial score (nSPS) is 11.1. The highest BCUT2D eigenvalue weighted by molar-refractivity contribution is 6.30. The summed E-state index contributed by atoms with van der Waals surface area (Å²) in [7, 11) is 0. The van der Waals surface area contributed by atoms with Crippen molar-refractivity contribution in [1.82, 2.24) is 9.66 Å². The SMILES string of the molecule is C=CCc1cc(C=Nn2c(=O)[nH]c3ccccc3c2=O)cc(OCC)c1OCc1ccc(Cl)cc1. The lowest BCUT2D eigenvalue weighted by molar-refractivity contribution is 0.267. The summed E-state index contributed by atoms with van der Waals surface area (Å²) in [5.41, 5.74) is 1.78. The molecule has 0 saturated carbocycles. The van der Waals surface area contributed by atoms with Crippen LogP contribution in [0.2, 0.25) is 5.02 Å². The molecular formula is C27H24ClN3O4. The molecule has 1 heterocycles. The summed E-state index contributed by atoms with van der Waals surface area (Å²) in [5.74, 6) is 1.13. The molecule has 0 radical (unpaired) electrons. The Labute approximate surface area is 206 Å². The Morgan fingerprint density at radius 2 is 1.86 bits per heavy atom. The summed E-state index contributed by atoms with van der Waals surface area (Å²) in [6.45, 7) is 6.48. The van der Waals surface area contributed by atoms with E-state index in [-0.39, 0.29) is 0 Å². The van der Waals surface area contributed by atoms with Crippen LogP contribution >= 0.6 is 11.6 Å². The van der Waals surface area contributed by atoms with Gasteiger partial charge < -0.3 is 14.5 Å². The minimum Gasteiger partial charge on any atom is -0.490 e. The molecule has 1 N–H and O–H groups in total. The highest BCUT2D eigenvalue weighted by atomic mass is 35.5. The third-order valence-electron chi connectivity index (χ3n) is 5.22. The highest BCUT2D eigenvalue weighted by Crippen LogP contribution is 2.34. The first-order valence-corrected chi connectivity index (χ1v) is 11.4. The number of benzene rings is 3. The number of hydrogen-bond donors (Lipinski definition) is 1. The summed E-state index contributed by atoms with van der Waals surface area (Å²) >= 11 is 5.97. The van der Waals surface area contributed by atoms with E-state index < -0.39 is 11.2 Å². The zero-order chi connectivity index (χ0) is 24.8. The number of aromatic amines is 1. The lowest BCUT2D eigenvalue weighted by Gasteiger charge is -2.17. The van der Waals surface area contributed by atoms with Gasteiger partial charge in [-0.3, -0.25) is 4.79 Å². The maximum absolute atomic E-state index is 12.8. The van der Waals surface area contributed by atoms with E-state index in [0.717, 1.165) is 15.8 Å². The minimum absolute atomic E-state index is 0.330. The lowest BCUT2D eigenvalue weighted by atomic mass is 10.1. The number of halogens is 1. The first-order valence-electron chi connectivity index (χ1n) is 11.1. The number of nitrogens with zero attached hydrogens (tertiary/aromatic N) is 2. The van der Waals surface area contributed by atoms with E-state index in [1.165, 1.54) is 6.21 Å². The van der Waals surface area contributed by atoms with E-state index in [0.29, 0.717) is 52.6 Å². The second-order valence-corrected chi connectivity index (χ2v) is 8.12. The fourth-order valence-corrected chi connectivity index (χ4v) is 3.74. The molecule has 0 bridgehead atoms. The maximum atomic E-state index is 12.8. The van der Waals surface area contributed by atoms with Gasteiger partial charge in [-0.15, -0.1) is 11.3 Å². The lowest BCUT2D eigenvalue weighted by Crippen LogP contribution is -2.32. The molecule has 4 aromatic rings. The number of ether oxygens (including phenoxy) is 2. The van der Waals surface area contributed by atoms with Crippen molar-refractivity contribution in [2.24, 2.45) is 5.10 Å². The van der Waals surface area contributed by atoms with E-state index in [2.05, 4.69) is 16.7 Å². The van der Waals surface area contributed by atoms with Crippen LogP contribution in [0.15, 0.2) is 88.0 Å². The van der Waals surface area contributed by atoms with Crippen LogP contribution in [0.1, 0.15) is 23.6 Å². The molecule has 4 rings (SSSR count). The van der Waals surface area contributed by atoms with Gasteiger partial charge in [-0.05, 0) is 60.9 Å². The molecule has 8 heteroatoms. The Bertz CT molecular complexity index is 1500. The Morgan fingerprint density at radius 1 is 1.09 bits per heavy atom. The summed E-state index contributed by atoms with van der Waals surface area (Å²) in [6, 6.07) is 17.8. The highest BCUT2D eigenvalue weighted by Gasteiger charge is 2.14. The van der Waals surface area contributed by atoms with Gasteiger partial charge in [0.15, 0.2) is 11.5 Å². The Kier molecular flexibility index (Phi) is 7.48. The minimum atomic E-state index is -0.621. The van der Waals surface area contributed by atoms with Crippen molar-refractivity contribution < 1.29 is 9.47 Å². The Morgan fingerprint density at radius 3 is 2.60 bits per heavy atom. The predicted octanol–water partition coefficient (Wildman–Crippen LogP) is 4.93. The van der Waals surface area contributed by atoms with Crippen molar-refractivity contribution in [3.05, 3.63) is 116 Å². The molecule has 0 atom stereocenters. The van der Waals surface area contributed by atoms with Crippen molar-refractivity contribution in [1.29, 1.82) is 0 Å². The second-order valence-electron chi connectivity index (χ2n) is 7.69. The third kappa shape index (κ3) is 5.53. The molecule has 0 saturated heterocycles. The monoisotopic (exact) mass is 489 g/mol. The molecule has 7 nitrogen and oxygen atoms in total. The van der Waals surface area contributed by atoms with E-state index in [9.17, 15) is 9.59 Å². The van der Waals surface area contributed by atoms with Crippen LogP contribution in [-0.4, -0.2) is 22.5 Å². The van der Waals surface area contributed by atoms with Crippen LogP contribution in [0, 0.1) is 0 Å². The number of nitrogens with one attached hydrogen (secondary N) is 1. The number of H-pyrrole nitrogens is 1. The van der Waals surface area contributed by atoms with Crippen LogP contribution in [0.4, 0.5) is 0 Å².